The van der Waals surface area contributed by atoms with E-state index in [0.29, 0.717) is 5.92 Å². The fourth-order valence-electron chi connectivity index (χ4n) is 3.71. The van der Waals surface area contributed by atoms with Crippen molar-refractivity contribution in [3.8, 4) is 5.75 Å². The van der Waals surface area contributed by atoms with Gasteiger partial charge in [-0.25, -0.2) is 0 Å². The third-order valence-corrected chi connectivity index (χ3v) is 5.05. The van der Waals surface area contributed by atoms with E-state index in [-0.39, 0.29) is 5.60 Å². The molecule has 1 spiro atoms. The first kappa shape index (κ1) is 13.4. The summed E-state index contributed by atoms with van der Waals surface area (Å²) < 4.78 is 7.62. The van der Waals surface area contributed by atoms with Crippen LogP contribution in [0.3, 0.4) is 0 Å². The quantitative estimate of drug-likeness (QED) is 0.819. The number of nitrogens with zero attached hydrogens (tertiary/aromatic N) is 1. The van der Waals surface area contributed by atoms with Gasteiger partial charge in [-0.1, -0.05) is 22.4 Å². The molecule has 1 aliphatic carbocycles. The van der Waals surface area contributed by atoms with Crippen molar-refractivity contribution in [2.45, 2.75) is 37.7 Å². The van der Waals surface area contributed by atoms with Crippen LogP contribution in [0.5, 0.6) is 5.75 Å². The minimum Gasteiger partial charge on any atom is -0.486 e. The molecule has 0 N–H and O–H groups in total. The van der Waals surface area contributed by atoms with E-state index in [1.54, 1.807) is 0 Å². The second kappa shape index (κ2) is 5.10. The van der Waals surface area contributed by atoms with Crippen molar-refractivity contribution < 1.29 is 4.74 Å². The van der Waals surface area contributed by atoms with Gasteiger partial charge in [-0.3, -0.25) is 0 Å². The lowest BCUT2D eigenvalue weighted by Gasteiger charge is -2.41. The monoisotopic (exact) mass is 323 g/mol. The Morgan fingerprint density at radius 2 is 2.21 bits per heavy atom. The van der Waals surface area contributed by atoms with Crippen molar-refractivity contribution in [1.82, 2.24) is 4.90 Å². The number of hydrogen-bond donors (Lipinski definition) is 0. The largest absolute Gasteiger partial charge is 0.486 e. The van der Waals surface area contributed by atoms with Gasteiger partial charge in [0, 0.05) is 23.4 Å². The SMILES string of the molecule is CN(C)C[C@H]1CCCC[C@]12Cc1cc(Br)ccc1O2. The molecule has 0 amide bonds. The highest BCUT2D eigenvalue weighted by atomic mass is 79.9. The van der Waals surface area contributed by atoms with Crippen molar-refractivity contribution in [2.75, 3.05) is 20.6 Å². The summed E-state index contributed by atoms with van der Waals surface area (Å²) in [7, 11) is 4.34. The molecule has 0 unspecified atom stereocenters. The molecule has 19 heavy (non-hydrogen) atoms. The van der Waals surface area contributed by atoms with Crippen LogP contribution >= 0.6 is 15.9 Å². The Labute approximate surface area is 124 Å². The lowest BCUT2D eigenvalue weighted by molar-refractivity contribution is -0.0150. The predicted molar refractivity (Wildman–Crippen MR) is 81.7 cm³/mol. The lowest BCUT2D eigenvalue weighted by atomic mass is 9.73. The first-order valence-electron chi connectivity index (χ1n) is 7.21. The molecule has 2 nitrogen and oxygen atoms in total. The highest BCUT2D eigenvalue weighted by Crippen LogP contribution is 2.47. The number of hydrogen-bond acceptors (Lipinski definition) is 2. The summed E-state index contributed by atoms with van der Waals surface area (Å²) in [5.41, 5.74) is 1.44. The van der Waals surface area contributed by atoms with Crippen molar-refractivity contribution in [1.29, 1.82) is 0 Å². The van der Waals surface area contributed by atoms with Gasteiger partial charge in [-0.05, 0) is 57.1 Å². The number of rotatable bonds is 2. The first-order chi connectivity index (χ1) is 9.09. The molecule has 3 rings (SSSR count). The molecular formula is C16H22BrNO. The molecule has 1 aromatic rings. The zero-order valence-electron chi connectivity index (χ0n) is 11.8. The topological polar surface area (TPSA) is 12.5 Å². The summed E-state index contributed by atoms with van der Waals surface area (Å²) in [4.78, 5) is 2.31. The van der Waals surface area contributed by atoms with Gasteiger partial charge in [0.05, 0.1) is 0 Å². The zero-order chi connectivity index (χ0) is 13.5. The van der Waals surface area contributed by atoms with Crippen molar-refractivity contribution in [3.05, 3.63) is 28.2 Å². The molecule has 1 heterocycles. The van der Waals surface area contributed by atoms with E-state index in [1.165, 1.54) is 31.2 Å². The number of benzene rings is 1. The molecule has 1 saturated carbocycles. The van der Waals surface area contributed by atoms with Crippen molar-refractivity contribution >= 4 is 15.9 Å². The van der Waals surface area contributed by atoms with Crippen LogP contribution in [0.25, 0.3) is 0 Å². The van der Waals surface area contributed by atoms with E-state index in [1.807, 2.05) is 0 Å². The molecule has 3 heteroatoms. The molecule has 0 bridgehead atoms. The molecule has 0 radical (unpaired) electrons. The third-order valence-electron chi connectivity index (χ3n) is 4.56. The average molecular weight is 324 g/mol. The number of fused-ring (bicyclic) bond motifs is 1. The Kier molecular flexibility index (Phi) is 3.61. The second-order valence-electron chi connectivity index (χ2n) is 6.30. The first-order valence-corrected chi connectivity index (χ1v) is 8.00. The molecule has 2 atom stereocenters. The van der Waals surface area contributed by atoms with E-state index in [9.17, 15) is 0 Å². The molecule has 1 aliphatic heterocycles. The van der Waals surface area contributed by atoms with Gasteiger partial charge in [0.2, 0.25) is 0 Å². The molecule has 0 aromatic heterocycles. The van der Waals surface area contributed by atoms with Crippen LogP contribution in [0.2, 0.25) is 0 Å². The third kappa shape index (κ3) is 2.55. The molecule has 1 aromatic carbocycles. The second-order valence-corrected chi connectivity index (χ2v) is 7.22. The van der Waals surface area contributed by atoms with Gasteiger partial charge in [0.15, 0.2) is 0 Å². The highest BCUT2D eigenvalue weighted by molar-refractivity contribution is 9.10. The maximum Gasteiger partial charge on any atom is 0.123 e. The number of ether oxygens (including phenoxy) is 1. The average Bonchev–Trinajstić information content (AvgIpc) is 2.70. The van der Waals surface area contributed by atoms with Gasteiger partial charge in [0.25, 0.3) is 0 Å². The van der Waals surface area contributed by atoms with E-state index in [2.05, 4.69) is 53.1 Å². The summed E-state index contributed by atoms with van der Waals surface area (Å²) in [5.74, 6) is 1.76. The lowest BCUT2D eigenvalue weighted by Crippen LogP contribution is -2.48. The fraction of sp³-hybridized carbons (Fsp3) is 0.625. The molecular weight excluding hydrogens is 302 g/mol. The minimum absolute atomic E-state index is 0.0612. The molecule has 2 aliphatic rings. The molecule has 104 valence electrons. The van der Waals surface area contributed by atoms with E-state index >= 15 is 0 Å². The van der Waals surface area contributed by atoms with E-state index in [0.717, 1.165) is 23.2 Å². The van der Waals surface area contributed by atoms with Crippen LogP contribution in [0.4, 0.5) is 0 Å². The summed E-state index contributed by atoms with van der Waals surface area (Å²) in [6.45, 7) is 1.13. The van der Waals surface area contributed by atoms with Gasteiger partial charge < -0.3 is 9.64 Å². The van der Waals surface area contributed by atoms with Gasteiger partial charge in [-0.2, -0.15) is 0 Å². The number of halogens is 1. The highest BCUT2D eigenvalue weighted by Gasteiger charge is 2.47. The van der Waals surface area contributed by atoms with E-state index < -0.39 is 0 Å². The van der Waals surface area contributed by atoms with Crippen LogP contribution in [0.1, 0.15) is 31.2 Å². The maximum atomic E-state index is 6.46. The Morgan fingerprint density at radius 3 is 3.00 bits per heavy atom. The summed E-state index contributed by atoms with van der Waals surface area (Å²) in [6, 6.07) is 6.43. The minimum atomic E-state index is 0.0612. The Hall–Kier alpha value is -0.540. The van der Waals surface area contributed by atoms with Gasteiger partial charge in [-0.15, -0.1) is 0 Å². The van der Waals surface area contributed by atoms with Crippen LogP contribution in [0.15, 0.2) is 22.7 Å². The summed E-state index contributed by atoms with van der Waals surface area (Å²) in [6.07, 6.45) is 6.24. The van der Waals surface area contributed by atoms with Crippen LogP contribution in [-0.4, -0.2) is 31.1 Å². The summed E-state index contributed by atoms with van der Waals surface area (Å²) in [5, 5.41) is 0. The molecule has 0 saturated heterocycles. The van der Waals surface area contributed by atoms with Crippen molar-refractivity contribution in [2.24, 2.45) is 5.92 Å². The van der Waals surface area contributed by atoms with Crippen LogP contribution < -0.4 is 4.74 Å². The Morgan fingerprint density at radius 1 is 1.37 bits per heavy atom. The molecule has 1 fully saturated rings. The fourth-order valence-corrected chi connectivity index (χ4v) is 4.12. The van der Waals surface area contributed by atoms with E-state index in [4.69, 9.17) is 4.74 Å². The summed E-state index contributed by atoms with van der Waals surface area (Å²) >= 11 is 3.57. The predicted octanol–water partition coefficient (Wildman–Crippen LogP) is 3.87. The Balaban J connectivity index is 1.87. The zero-order valence-corrected chi connectivity index (χ0v) is 13.4. The Bertz CT molecular complexity index is 474. The normalized spacial score (nSPS) is 29.6. The maximum absolute atomic E-state index is 6.46. The van der Waals surface area contributed by atoms with Crippen LogP contribution in [-0.2, 0) is 6.42 Å². The van der Waals surface area contributed by atoms with Crippen molar-refractivity contribution in [3.63, 3.8) is 0 Å². The smallest absolute Gasteiger partial charge is 0.123 e. The van der Waals surface area contributed by atoms with Gasteiger partial charge >= 0.3 is 0 Å². The van der Waals surface area contributed by atoms with Crippen LogP contribution in [0, 0.1) is 5.92 Å². The van der Waals surface area contributed by atoms with Gasteiger partial charge in [0.1, 0.15) is 11.4 Å². The standard InChI is InChI=1S/C16H22BrNO/c1-18(2)11-13-5-3-4-8-16(13)10-12-9-14(17)6-7-15(12)19-16/h6-7,9,13H,3-5,8,10-11H2,1-2H3/t13-,16+/m1/s1.